The van der Waals surface area contributed by atoms with E-state index in [0.717, 1.165) is 12.8 Å². The number of carbonyl (C=O) groups excluding carboxylic acids is 1. The predicted octanol–water partition coefficient (Wildman–Crippen LogP) is 1.53. The molecular formula is C13H27NO4. The van der Waals surface area contributed by atoms with Gasteiger partial charge in [0.2, 0.25) is 0 Å². The summed E-state index contributed by atoms with van der Waals surface area (Å²) in [4.78, 5) is 11.5. The second-order valence-electron chi connectivity index (χ2n) is 5.54. The van der Waals surface area contributed by atoms with Crippen molar-refractivity contribution in [1.29, 1.82) is 0 Å². The highest BCUT2D eigenvalue weighted by atomic mass is 16.6. The maximum Gasteiger partial charge on any atom is 0.407 e. The summed E-state index contributed by atoms with van der Waals surface area (Å²) >= 11 is 0. The third kappa shape index (κ3) is 9.24. The van der Waals surface area contributed by atoms with Crippen LogP contribution in [0, 0.1) is 11.8 Å². The van der Waals surface area contributed by atoms with E-state index in [1.165, 1.54) is 0 Å². The lowest BCUT2D eigenvalue weighted by atomic mass is 9.96. The van der Waals surface area contributed by atoms with Crippen molar-refractivity contribution < 1.29 is 19.7 Å². The maximum atomic E-state index is 11.5. The van der Waals surface area contributed by atoms with Crippen LogP contribution in [0.3, 0.4) is 0 Å². The van der Waals surface area contributed by atoms with E-state index in [-0.39, 0.29) is 12.6 Å². The Morgan fingerprint density at radius 3 is 2.06 bits per heavy atom. The van der Waals surface area contributed by atoms with Gasteiger partial charge < -0.3 is 20.3 Å². The van der Waals surface area contributed by atoms with Crippen LogP contribution in [0.1, 0.15) is 40.5 Å². The number of aliphatic hydroxyl groups excluding tert-OH is 2. The fourth-order valence-corrected chi connectivity index (χ4v) is 1.79. The van der Waals surface area contributed by atoms with Gasteiger partial charge in [-0.2, -0.15) is 0 Å². The third-order valence-corrected chi connectivity index (χ3v) is 2.45. The maximum absolute atomic E-state index is 11.5. The Labute approximate surface area is 110 Å². The first-order valence-electron chi connectivity index (χ1n) is 6.57. The molecular weight excluding hydrogens is 234 g/mol. The summed E-state index contributed by atoms with van der Waals surface area (Å²) in [7, 11) is 0. The molecule has 0 radical (unpaired) electrons. The van der Waals surface area contributed by atoms with Crippen molar-refractivity contribution in [3.8, 4) is 0 Å². The zero-order valence-corrected chi connectivity index (χ0v) is 11.8. The van der Waals surface area contributed by atoms with Gasteiger partial charge in [0.25, 0.3) is 0 Å². The van der Waals surface area contributed by atoms with E-state index in [4.69, 9.17) is 14.9 Å². The van der Waals surface area contributed by atoms with Crippen LogP contribution in [0.5, 0.6) is 0 Å². The van der Waals surface area contributed by atoms with Crippen molar-refractivity contribution in [2.24, 2.45) is 11.8 Å². The standard InChI is InChI=1S/C13H27NO4/c1-9(2)5-11(6-10(3)4)14-13(17)18-8-12(16)7-15/h9-12,15-16H,5-8H2,1-4H3,(H,14,17). The summed E-state index contributed by atoms with van der Waals surface area (Å²) in [6, 6.07) is 0.0868. The normalized spacial score (nSPS) is 13.2. The lowest BCUT2D eigenvalue weighted by Gasteiger charge is -2.22. The molecule has 0 aromatic heterocycles. The molecule has 1 atom stereocenters. The first-order chi connectivity index (χ1) is 8.35. The molecule has 5 heteroatoms. The molecule has 0 rings (SSSR count). The Hall–Kier alpha value is -0.810. The van der Waals surface area contributed by atoms with Gasteiger partial charge in [-0.3, -0.25) is 0 Å². The second-order valence-corrected chi connectivity index (χ2v) is 5.54. The average Bonchev–Trinajstić information content (AvgIpc) is 2.23. The number of hydrogen-bond acceptors (Lipinski definition) is 4. The highest BCUT2D eigenvalue weighted by molar-refractivity contribution is 5.67. The fourth-order valence-electron chi connectivity index (χ4n) is 1.79. The van der Waals surface area contributed by atoms with E-state index in [2.05, 4.69) is 33.0 Å². The van der Waals surface area contributed by atoms with E-state index in [1.54, 1.807) is 0 Å². The second kappa shape index (κ2) is 9.16. The SMILES string of the molecule is CC(C)CC(CC(C)C)NC(=O)OCC(O)CO. The number of amides is 1. The number of nitrogens with one attached hydrogen (secondary N) is 1. The van der Waals surface area contributed by atoms with Crippen molar-refractivity contribution in [2.45, 2.75) is 52.7 Å². The molecule has 1 amide bonds. The van der Waals surface area contributed by atoms with Crippen LogP contribution in [-0.4, -0.2) is 41.7 Å². The molecule has 0 aliphatic rings. The molecule has 0 aromatic carbocycles. The van der Waals surface area contributed by atoms with Crippen molar-refractivity contribution >= 4 is 6.09 Å². The van der Waals surface area contributed by atoms with Gasteiger partial charge >= 0.3 is 6.09 Å². The van der Waals surface area contributed by atoms with E-state index in [1.807, 2.05) is 0 Å². The minimum Gasteiger partial charge on any atom is -0.447 e. The average molecular weight is 261 g/mol. The Morgan fingerprint density at radius 2 is 1.67 bits per heavy atom. The zero-order chi connectivity index (χ0) is 14.1. The molecule has 0 aliphatic heterocycles. The quantitative estimate of drug-likeness (QED) is 0.619. The minimum absolute atomic E-state index is 0.0868. The fraction of sp³-hybridized carbons (Fsp3) is 0.923. The third-order valence-electron chi connectivity index (χ3n) is 2.45. The Morgan fingerprint density at radius 1 is 1.17 bits per heavy atom. The lowest BCUT2D eigenvalue weighted by molar-refractivity contribution is 0.0308. The Bertz CT molecular complexity index is 221. The molecule has 18 heavy (non-hydrogen) atoms. The topological polar surface area (TPSA) is 78.8 Å². The summed E-state index contributed by atoms with van der Waals surface area (Å²) in [6.07, 6.45) is 0.254. The van der Waals surface area contributed by atoms with Crippen LogP contribution < -0.4 is 5.32 Å². The van der Waals surface area contributed by atoms with Gasteiger partial charge in [0.1, 0.15) is 12.7 Å². The minimum atomic E-state index is -1.01. The molecule has 0 saturated carbocycles. The predicted molar refractivity (Wildman–Crippen MR) is 70.3 cm³/mol. The van der Waals surface area contributed by atoms with Crippen LogP contribution in [0.15, 0.2) is 0 Å². The molecule has 1 unspecified atom stereocenters. The zero-order valence-electron chi connectivity index (χ0n) is 11.8. The largest absolute Gasteiger partial charge is 0.447 e. The lowest BCUT2D eigenvalue weighted by Crippen LogP contribution is -2.38. The van der Waals surface area contributed by atoms with Crippen molar-refractivity contribution in [3.63, 3.8) is 0 Å². The first-order valence-corrected chi connectivity index (χ1v) is 6.57. The number of carbonyl (C=O) groups is 1. The smallest absolute Gasteiger partial charge is 0.407 e. The Kier molecular flexibility index (Phi) is 8.75. The van der Waals surface area contributed by atoms with Crippen LogP contribution >= 0.6 is 0 Å². The summed E-state index contributed by atoms with van der Waals surface area (Å²) in [5, 5.41) is 20.5. The number of hydrogen-bond donors (Lipinski definition) is 3. The van der Waals surface area contributed by atoms with Crippen molar-refractivity contribution in [2.75, 3.05) is 13.2 Å². The Balaban J connectivity index is 4.09. The molecule has 0 spiro atoms. The van der Waals surface area contributed by atoms with Gasteiger partial charge in [-0.25, -0.2) is 4.79 Å². The van der Waals surface area contributed by atoms with E-state index in [0.29, 0.717) is 11.8 Å². The van der Waals surface area contributed by atoms with Crippen molar-refractivity contribution in [1.82, 2.24) is 5.32 Å². The molecule has 0 aliphatic carbocycles. The summed E-state index contributed by atoms with van der Waals surface area (Å²) in [5.41, 5.74) is 0. The molecule has 0 saturated heterocycles. The van der Waals surface area contributed by atoms with Crippen LogP contribution in [-0.2, 0) is 4.74 Å². The highest BCUT2D eigenvalue weighted by Crippen LogP contribution is 2.13. The molecule has 0 heterocycles. The van der Waals surface area contributed by atoms with Crippen LogP contribution in [0.25, 0.3) is 0 Å². The summed E-state index contributed by atoms with van der Waals surface area (Å²) in [5.74, 6) is 0.995. The molecule has 0 aromatic rings. The first kappa shape index (κ1) is 17.2. The molecule has 0 bridgehead atoms. The number of rotatable bonds is 8. The van der Waals surface area contributed by atoms with E-state index in [9.17, 15) is 4.79 Å². The molecule has 3 N–H and O–H groups in total. The number of ether oxygens (including phenoxy) is 1. The number of aliphatic hydroxyl groups is 2. The van der Waals surface area contributed by atoms with E-state index < -0.39 is 18.8 Å². The summed E-state index contributed by atoms with van der Waals surface area (Å²) in [6.45, 7) is 7.84. The molecule has 5 nitrogen and oxygen atoms in total. The van der Waals surface area contributed by atoms with Gasteiger partial charge in [-0.1, -0.05) is 27.7 Å². The summed E-state index contributed by atoms with van der Waals surface area (Å²) < 4.78 is 4.83. The van der Waals surface area contributed by atoms with E-state index >= 15 is 0 Å². The molecule has 108 valence electrons. The van der Waals surface area contributed by atoms with Crippen molar-refractivity contribution in [3.05, 3.63) is 0 Å². The number of alkyl carbamates (subject to hydrolysis) is 1. The van der Waals surface area contributed by atoms with Crippen LogP contribution in [0.2, 0.25) is 0 Å². The van der Waals surface area contributed by atoms with Gasteiger partial charge in [-0.15, -0.1) is 0 Å². The monoisotopic (exact) mass is 261 g/mol. The van der Waals surface area contributed by atoms with Gasteiger partial charge in [0, 0.05) is 6.04 Å². The molecule has 0 fully saturated rings. The highest BCUT2D eigenvalue weighted by Gasteiger charge is 2.17. The van der Waals surface area contributed by atoms with Gasteiger partial charge in [0.15, 0.2) is 0 Å². The van der Waals surface area contributed by atoms with Crippen LogP contribution in [0.4, 0.5) is 4.79 Å². The van der Waals surface area contributed by atoms with Gasteiger partial charge in [-0.05, 0) is 24.7 Å². The van der Waals surface area contributed by atoms with Gasteiger partial charge in [0.05, 0.1) is 6.61 Å².